The summed E-state index contributed by atoms with van der Waals surface area (Å²) >= 11 is 0. The van der Waals surface area contributed by atoms with Gasteiger partial charge < -0.3 is 14.8 Å². The highest BCUT2D eigenvalue weighted by Crippen LogP contribution is 2.24. The van der Waals surface area contributed by atoms with Crippen molar-refractivity contribution in [1.29, 1.82) is 0 Å². The van der Waals surface area contributed by atoms with E-state index in [-0.39, 0.29) is 6.04 Å². The van der Waals surface area contributed by atoms with E-state index in [1.165, 1.54) is 5.56 Å². The summed E-state index contributed by atoms with van der Waals surface area (Å²) in [6.07, 6.45) is 2.25. The van der Waals surface area contributed by atoms with Gasteiger partial charge in [-0.3, -0.25) is 0 Å². The maximum absolute atomic E-state index is 5.83. The lowest BCUT2D eigenvalue weighted by Gasteiger charge is -2.18. The second-order valence-electron chi connectivity index (χ2n) is 4.41. The number of benzene rings is 1. The molecule has 1 rings (SSSR count). The van der Waals surface area contributed by atoms with E-state index >= 15 is 0 Å². The summed E-state index contributed by atoms with van der Waals surface area (Å²) in [4.78, 5) is 0. The maximum Gasteiger partial charge on any atom is 0.124 e. The number of ether oxygens (including phenoxy) is 2. The standard InChI is InChI=1S/C15H25NO2/c1-4-5-11-18-15-9-7-6-8-14(15)13(2)16-10-12-17-3/h6-9,13,16H,4-5,10-12H2,1-3H3. The van der Waals surface area contributed by atoms with Crippen LogP contribution in [0.2, 0.25) is 0 Å². The lowest BCUT2D eigenvalue weighted by atomic mass is 10.1. The summed E-state index contributed by atoms with van der Waals surface area (Å²) < 4.78 is 10.9. The first-order valence-corrected chi connectivity index (χ1v) is 6.73. The molecule has 3 nitrogen and oxygen atoms in total. The van der Waals surface area contributed by atoms with Crippen LogP contribution in [0.15, 0.2) is 24.3 Å². The Hall–Kier alpha value is -1.06. The second-order valence-corrected chi connectivity index (χ2v) is 4.41. The molecule has 1 aromatic carbocycles. The molecular weight excluding hydrogens is 226 g/mol. The van der Waals surface area contributed by atoms with Gasteiger partial charge in [0.05, 0.1) is 13.2 Å². The average Bonchev–Trinajstić information content (AvgIpc) is 2.40. The van der Waals surface area contributed by atoms with Crippen LogP contribution in [0.25, 0.3) is 0 Å². The fourth-order valence-corrected chi connectivity index (χ4v) is 1.78. The Morgan fingerprint density at radius 3 is 2.72 bits per heavy atom. The molecule has 0 spiro atoms. The highest BCUT2D eigenvalue weighted by molar-refractivity contribution is 5.35. The van der Waals surface area contributed by atoms with E-state index in [0.29, 0.717) is 0 Å². The van der Waals surface area contributed by atoms with Crippen molar-refractivity contribution in [2.24, 2.45) is 0 Å². The zero-order valence-corrected chi connectivity index (χ0v) is 11.7. The smallest absolute Gasteiger partial charge is 0.124 e. The van der Waals surface area contributed by atoms with Gasteiger partial charge in [0.25, 0.3) is 0 Å². The molecule has 0 fully saturated rings. The number of methoxy groups -OCH3 is 1. The van der Waals surface area contributed by atoms with Crippen LogP contribution < -0.4 is 10.1 Å². The van der Waals surface area contributed by atoms with E-state index in [0.717, 1.165) is 38.3 Å². The first-order valence-electron chi connectivity index (χ1n) is 6.73. The van der Waals surface area contributed by atoms with E-state index in [1.807, 2.05) is 12.1 Å². The molecule has 18 heavy (non-hydrogen) atoms. The van der Waals surface area contributed by atoms with Crippen molar-refractivity contribution in [3.63, 3.8) is 0 Å². The van der Waals surface area contributed by atoms with Gasteiger partial charge in [0.2, 0.25) is 0 Å². The third-order valence-corrected chi connectivity index (χ3v) is 2.90. The summed E-state index contributed by atoms with van der Waals surface area (Å²) in [5.74, 6) is 0.989. The predicted molar refractivity (Wildman–Crippen MR) is 75.1 cm³/mol. The van der Waals surface area contributed by atoms with Gasteiger partial charge in [-0.1, -0.05) is 31.5 Å². The van der Waals surface area contributed by atoms with Gasteiger partial charge in [-0.25, -0.2) is 0 Å². The molecule has 0 aliphatic rings. The van der Waals surface area contributed by atoms with Gasteiger partial charge in [-0.2, -0.15) is 0 Å². The highest BCUT2D eigenvalue weighted by atomic mass is 16.5. The van der Waals surface area contributed by atoms with Crippen molar-refractivity contribution in [2.45, 2.75) is 32.7 Å². The molecule has 3 heteroatoms. The quantitative estimate of drug-likeness (QED) is 0.684. The minimum absolute atomic E-state index is 0.276. The van der Waals surface area contributed by atoms with Crippen LogP contribution in [0.1, 0.15) is 38.3 Å². The Morgan fingerprint density at radius 1 is 1.22 bits per heavy atom. The molecule has 1 aromatic rings. The monoisotopic (exact) mass is 251 g/mol. The van der Waals surface area contributed by atoms with Crippen molar-refractivity contribution < 1.29 is 9.47 Å². The molecule has 0 heterocycles. The average molecular weight is 251 g/mol. The Morgan fingerprint density at radius 2 is 2.00 bits per heavy atom. The molecular formula is C15H25NO2. The van der Waals surface area contributed by atoms with Crippen LogP contribution in [-0.2, 0) is 4.74 Å². The van der Waals surface area contributed by atoms with Gasteiger partial charge in [0.15, 0.2) is 0 Å². The number of para-hydroxylation sites is 1. The fourth-order valence-electron chi connectivity index (χ4n) is 1.78. The Bertz CT molecular complexity index is 328. The van der Waals surface area contributed by atoms with Crippen LogP contribution in [0, 0.1) is 0 Å². The number of nitrogens with one attached hydrogen (secondary N) is 1. The van der Waals surface area contributed by atoms with Crippen LogP contribution in [0.4, 0.5) is 0 Å². The minimum Gasteiger partial charge on any atom is -0.493 e. The molecule has 0 aliphatic heterocycles. The Balaban J connectivity index is 2.56. The van der Waals surface area contributed by atoms with Gasteiger partial charge in [-0.15, -0.1) is 0 Å². The van der Waals surface area contributed by atoms with Crippen molar-refractivity contribution in [3.8, 4) is 5.75 Å². The predicted octanol–water partition coefficient (Wildman–Crippen LogP) is 3.16. The molecule has 1 atom stereocenters. The first-order chi connectivity index (χ1) is 8.79. The first kappa shape index (κ1) is 15.0. The summed E-state index contributed by atoms with van der Waals surface area (Å²) in [6.45, 7) is 6.68. The Labute approximate surface area is 110 Å². The molecule has 0 aromatic heterocycles. The molecule has 0 saturated carbocycles. The van der Waals surface area contributed by atoms with E-state index < -0.39 is 0 Å². The van der Waals surface area contributed by atoms with Gasteiger partial charge in [-0.05, 0) is 19.4 Å². The van der Waals surface area contributed by atoms with Gasteiger partial charge in [0.1, 0.15) is 5.75 Å². The van der Waals surface area contributed by atoms with Crippen LogP contribution in [-0.4, -0.2) is 26.9 Å². The highest BCUT2D eigenvalue weighted by Gasteiger charge is 2.10. The summed E-state index contributed by atoms with van der Waals surface area (Å²) in [5.41, 5.74) is 1.21. The molecule has 0 radical (unpaired) electrons. The fraction of sp³-hybridized carbons (Fsp3) is 0.600. The molecule has 0 saturated heterocycles. The summed E-state index contributed by atoms with van der Waals surface area (Å²) in [6, 6.07) is 8.51. The lowest BCUT2D eigenvalue weighted by Crippen LogP contribution is -2.23. The second kappa shape index (κ2) is 8.95. The topological polar surface area (TPSA) is 30.5 Å². The molecule has 0 aliphatic carbocycles. The number of hydrogen-bond acceptors (Lipinski definition) is 3. The zero-order chi connectivity index (χ0) is 13.2. The van der Waals surface area contributed by atoms with Crippen molar-refractivity contribution in [3.05, 3.63) is 29.8 Å². The molecule has 0 amide bonds. The molecule has 1 N–H and O–H groups in total. The number of unbranched alkanes of at least 4 members (excludes halogenated alkanes) is 1. The van der Waals surface area contributed by atoms with Crippen LogP contribution in [0.3, 0.4) is 0 Å². The van der Waals surface area contributed by atoms with Gasteiger partial charge in [0, 0.05) is 25.3 Å². The lowest BCUT2D eigenvalue weighted by molar-refractivity contribution is 0.196. The zero-order valence-electron chi connectivity index (χ0n) is 11.7. The number of rotatable bonds is 9. The molecule has 1 unspecified atom stereocenters. The van der Waals surface area contributed by atoms with Crippen molar-refractivity contribution in [2.75, 3.05) is 26.9 Å². The van der Waals surface area contributed by atoms with Gasteiger partial charge >= 0.3 is 0 Å². The largest absolute Gasteiger partial charge is 0.493 e. The van der Waals surface area contributed by atoms with Crippen LogP contribution >= 0.6 is 0 Å². The van der Waals surface area contributed by atoms with E-state index in [4.69, 9.17) is 9.47 Å². The van der Waals surface area contributed by atoms with Crippen molar-refractivity contribution in [1.82, 2.24) is 5.32 Å². The van der Waals surface area contributed by atoms with E-state index in [1.54, 1.807) is 7.11 Å². The molecule has 0 bridgehead atoms. The summed E-state index contributed by atoms with van der Waals surface area (Å²) in [7, 11) is 1.72. The SMILES string of the molecule is CCCCOc1ccccc1C(C)NCCOC. The van der Waals surface area contributed by atoms with E-state index in [2.05, 4.69) is 31.3 Å². The number of hydrogen-bond donors (Lipinski definition) is 1. The van der Waals surface area contributed by atoms with E-state index in [9.17, 15) is 0 Å². The Kier molecular flexibility index (Phi) is 7.46. The minimum atomic E-state index is 0.276. The van der Waals surface area contributed by atoms with Crippen molar-refractivity contribution >= 4 is 0 Å². The maximum atomic E-state index is 5.83. The molecule has 102 valence electrons. The summed E-state index contributed by atoms with van der Waals surface area (Å²) in [5, 5.41) is 3.43. The third kappa shape index (κ3) is 5.07. The normalized spacial score (nSPS) is 12.4. The van der Waals surface area contributed by atoms with Crippen LogP contribution in [0.5, 0.6) is 5.75 Å². The third-order valence-electron chi connectivity index (χ3n) is 2.90.